The van der Waals surface area contributed by atoms with E-state index in [4.69, 9.17) is 4.52 Å². The first-order valence-electron chi connectivity index (χ1n) is 6.37. The zero-order valence-corrected chi connectivity index (χ0v) is 10.7. The van der Waals surface area contributed by atoms with Crippen molar-refractivity contribution in [2.24, 2.45) is 0 Å². The molecule has 98 valence electrons. The molecule has 2 heterocycles. The summed E-state index contributed by atoms with van der Waals surface area (Å²) in [5.41, 5.74) is 1.11. The largest absolute Gasteiger partial charge is 0.337 e. The molecule has 2 aromatic rings. The van der Waals surface area contributed by atoms with E-state index >= 15 is 0 Å². The van der Waals surface area contributed by atoms with E-state index in [1.165, 1.54) is 0 Å². The summed E-state index contributed by atoms with van der Waals surface area (Å²) in [4.78, 5) is 18.1. The predicted octanol–water partition coefficient (Wildman–Crippen LogP) is 2.24. The van der Waals surface area contributed by atoms with Gasteiger partial charge in [0.2, 0.25) is 11.8 Å². The molecule has 1 aliphatic heterocycles. The number of aryl methyl sites for hydroxylation is 1. The molecule has 0 saturated carbocycles. The molecule has 1 fully saturated rings. The number of aromatic nitrogens is 2. The van der Waals surface area contributed by atoms with Gasteiger partial charge in [-0.05, 0) is 18.9 Å². The lowest BCUT2D eigenvalue weighted by atomic mass is 10.2. The summed E-state index contributed by atoms with van der Waals surface area (Å²) in [7, 11) is 0. The Kier molecular flexibility index (Phi) is 3.03. The molecule has 1 saturated heterocycles. The Labute approximate surface area is 111 Å². The van der Waals surface area contributed by atoms with Gasteiger partial charge in [-0.2, -0.15) is 4.98 Å². The van der Waals surface area contributed by atoms with E-state index in [-0.39, 0.29) is 11.9 Å². The lowest BCUT2D eigenvalue weighted by Crippen LogP contribution is -2.27. The van der Waals surface area contributed by atoms with Crippen LogP contribution in [0.2, 0.25) is 0 Å². The first kappa shape index (κ1) is 11.9. The highest BCUT2D eigenvalue weighted by Crippen LogP contribution is 2.33. The van der Waals surface area contributed by atoms with Gasteiger partial charge in [0.1, 0.15) is 6.04 Å². The molecule has 5 heteroatoms. The molecule has 0 spiro atoms. The van der Waals surface area contributed by atoms with E-state index in [0.717, 1.165) is 12.0 Å². The minimum absolute atomic E-state index is 0.0890. The van der Waals surface area contributed by atoms with Crippen LogP contribution in [0, 0.1) is 6.92 Å². The average Bonchev–Trinajstić information content (AvgIpc) is 2.99. The summed E-state index contributed by atoms with van der Waals surface area (Å²) in [6, 6.07) is 9.86. The molecular formula is C14H15N3O2. The number of rotatable bonds is 3. The molecule has 3 rings (SSSR count). The van der Waals surface area contributed by atoms with Gasteiger partial charge in [-0.25, -0.2) is 0 Å². The summed E-state index contributed by atoms with van der Waals surface area (Å²) < 4.78 is 5.21. The van der Waals surface area contributed by atoms with Gasteiger partial charge in [0.25, 0.3) is 0 Å². The Morgan fingerprint density at radius 2 is 2.16 bits per heavy atom. The average molecular weight is 257 g/mol. The number of amides is 1. The topological polar surface area (TPSA) is 59.2 Å². The van der Waals surface area contributed by atoms with Crippen LogP contribution >= 0.6 is 0 Å². The van der Waals surface area contributed by atoms with Crippen LogP contribution in [0.5, 0.6) is 0 Å². The van der Waals surface area contributed by atoms with Gasteiger partial charge in [0, 0.05) is 13.0 Å². The number of carbonyl (C=O) groups is 1. The van der Waals surface area contributed by atoms with Crippen molar-refractivity contribution < 1.29 is 9.32 Å². The third-order valence-corrected chi connectivity index (χ3v) is 3.35. The van der Waals surface area contributed by atoms with Gasteiger partial charge >= 0.3 is 0 Å². The lowest BCUT2D eigenvalue weighted by molar-refractivity contribution is -0.129. The molecule has 1 atom stereocenters. The predicted molar refractivity (Wildman–Crippen MR) is 68.0 cm³/mol. The highest BCUT2D eigenvalue weighted by Gasteiger charge is 2.35. The number of benzene rings is 1. The maximum atomic E-state index is 12.0. The van der Waals surface area contributed by atoms with E-state index < -0.39 is 0 Å². The Morgan fingerprint density at radius 1 is 1.37 bits per heavy atom. The van der Waals surface area contributed by atoms with E-state index in [0.29, 0.717) is 24.7 Å². The molecule has 0 N–H and O–H groups in total. The molecular weight excluding hydrogens is 242 g/mol. The molecule has 1 aliphatic rings. The van der Waals surface area contributed by atoms with E-state index in [1.807, 2.05) is 35.2 Å². The van der Waals surface area contributed by atoms with Gasteiger partial charge in [-0.3, -0.25) is 4.79 Å². The zero-order valence-electron chi connectivity index (χ0n) is 10.7. The highest BCUT2D eigenvalue weighted by molar-refractivity contribution is 5.78. The molecule has 19 heavy (non-hydrogen) atoms. The fourth-order valence-corrected chi connectivity index (χ4v) is 2.42. The second-order valence-electron chi connectivity index (χ2n) is 4.74. The van der Waals surface area contributed by atoms with Gasteiger partial charge in [-0.1, -0.05) is 35.5 Å². The van der Waals surface area contributed by atoms with Crippen LogP contribution in [0.4, 0.5) is 0 Å². The monoisotopic (exact) mass is 257 g/mol. The van der Waals surface area contributed by atoms with Crippen molar-refractivity contribution in [3.05, 3.63) is 47.6 Å². The maximum Gasteiger partial charge on any atom is 0.249 e. The SMILES string of the molecule is Cc1noc(C2CCC(=O)N2Cc2ccccc2)n1. The molecule has 1 aromatic heterocycles. The number of hydrogen-bond donors (Lipinski definition) is 0. The molecule has 1 amide bonds. The summed E-state index contributed by atoms with van der Waals surface area (Å²) in [5, 5.41) is 3.80. The minimum atomic E-state index is -0.0890. The molecule has 0 aliphatic carbocycles. The maximum absolute atomic E-state index is 12.0. The first-order chi connectivity index (χ1) is 9.24. The Hall–Kier alpha value is -2.17. The van der Waals surface area contributed by atoms with E-state index in [9.17, 15) is 4.79 Å². The summed E-state index contributed by atoms with van der Waals surface area (Å²) in [5.74, 6) is 1.29. The first-order valence-corrected chi connectivity index (χ1v) is 6.37. The quantitative estimate of drug-likeness (QED) is 0.846. The Bertz CT molecular complexity index is 579. The van der Waals surface area contributed by atoms with Gasteiger partial charge in [-0.15, -0.1) is 0 Å². The Morgan fingerprint density at radius 3 is 2.84 bits per heavy atom. The summed E-state index contributed by atoms with van der Waals surface area (Å²) in [6.45, 7) is 2.37. The summed E-state index contributed by atoms with van der Waals surface area (Å²) >= 11 is 0. The van der Waals surface area contributed by atoms with Crippen molar-refractivity contribution in [3.63, 3.8) is 0 Å². The molecule has 1 unspecified atom stereocenters. The minimum Gasteiger partial charge on any atom is -0.337 e. The van der Waals surface area contributed by atoms with Crippen molar-refractivity contribution in [1.29, 1.82) is 0 Å². The third-order valence-electron chi connectivity index (χ3n) is 3.35. The zero-order chi connectivity index (χ0) is 13.2. The fourth-order valence-electron chi connectivity index (χ4n) is 2.42. The van der Waals surface area contributed by atoms with E-state index in [1.54, 1.807) is 6.92 Å². The highest BCUT2D eigenvalue weighted by atomic mass is 16.5. The van der Waals surface area contributed by atoms with Crippen LogP contribution < -0.4 is 0 Å². The van der Waals surface area contributed by atoms with Crippen LogP contribution in [-0.2, 0) is 11.3 Å². The van der Waals surface area contributed by atoms with Crippen LogP contribution in [0.3, 0.4) is 0 Å². The number of likely N-dealkylation sites (tertiary alicyclic amines) is 1. The molecule has 0 radical (unpaired) electrons. The lowest BCUT2D eigenvalue weighted by Gasteiger charge is -2.22. The smallest absolute Gasteiger partial charge is 0.249 e. The van der Waals surface area contributed by atoms with E-state index in [2.05, 4.69) is 10.1 Å². The summed E-state index contributed by atoms with van der Waals surface area (Å²) in [6.07, 6.45) is 1.28. The standard InChI is InChI=1S/C14H15N3O2/c1-10-15-14(19-16-10)12-7-8-13(18)17(12)9-11-5-3-2-4-6-11/h2-6,12H,7-9H2,1H3. The van der Waals surface area contributed by atoms with Gasteiger partial charge in [0.15, 0.2) is 5.82 Å². The second kappa shape index (κ2) is 4.84. The fraction of sp³-hybridized carbons (Fsp3) is 0.357. The van der Waals surface area contributed by atoms with Gasteiger partial charge < -0.3 is 9.42 Å². The number of hydrogen-bond acceptors (Lipinski definition) is 4. The number of carbonyl (C=O) groups excluding carboxylic acids is 1. The second-order valence-corrected chi connectivity index (χ2v) is 4.74. The molecule has 0 bridgehead atoms. The normalized spacial score (nSPS) is 19.1. The van der Waals surface area contributed by atoms with Crippen molar-refractivity contribution in [2.75, 3.05) is 0 Å². The van der Waals surface area contributed by atoms with Crippen LogP contribution in [0.1, 0.15) is 36.2 Å². The van der Waals surface area contributed by atoms with Crippen molar-refractivity contribution in [1.82, 2.24) is 15.0 Å². The van der Waals surface area contributed by atoms with Crippen LogP contribution in [0.15, 0.2) is 34.9 Å². The number of nitrogens with zero attached hydrogens (tertiary/aromatic N) is 3. The molecule has 5 nitrogen and oxygen atoms in total. The van der Waals surface area contributed by atoms with Crippen LogP contribution in [0.25, 0.3) is 0 Å². The molecule has 1 aromatic carbocycles. The Balaban J connectivity index is 1.83. The van der Waals surface area contributed by atoms with Crippen molar-refractivity contribution >= 4 is 5.91 Å². The van der Waals surface area contributed by atoms with Gasteiger partial charge in [0.05, 0.1) is 0 Å². The van der Waals surface area contributed by atoms with Crippen molar-refractivity contribution in [2.45, 2.75) is 32.4 Å². The van der Waals surface area contributed by atoms with Crippen LogP contribution in [-0.4, -0.2) is 20.9 Å². The third kappa shape index (κ3) is 2.36. The van der Waals surface area contributed by atoms with Crippen molar-refractivity contribution in [3.8, 4) is 0 Å².